The lowest BCUT2D eigenvalue weighted by Crippen LogP contribution is -2.21. The molecule has 0 N–H and O–H groups in total. The molecule has 0 aromatic heterocycles. The summed E-state index contributed by atoms with van der Waals surface area (Å²) in [6.07, 6.45) is 0. The Bertz CT molecular complexity index is 817. The monoisotopic (exact) mass is 342 g/mol. The Kier molecular flexibility index (Phi) is 5.94. The molecule has 0 aliphatic heterocycles. The lowest BCUT2D eigenvalue weighted by Gasteiger charge is -2.20. The first-order chi connectivity index (χ1) is 12.7. The third-order valence-electron chi connectivity index (χ3n) is 4.07. The van der Waals surface area contributed by atoms with Crippen molar-refractivity contribution in [2.45, 2.75) is 20.0 Å². The van der Waals surface area contributed by atoms with Gasteiger partial charge in [-0.05, 0) is 18.1 Å². The van der Waals surface area contributed by atoms with Crippen LogP contribution in [0.15, 0.2) is 96.1 Å². The molecular formula is C23H22N2O. The molecule has 3 heteroatoms. The molecule has 3 rings (SSSR count). The van der Waals surface area contributed by atoms with Gasteiger partial charge in [-0.15, -0.1) is 0 Å². The second-order valence-corrected chi connectivity index (χ2v) is 6.17. The second-order valence-electron chi connectivity index (χ2n) is 6.17. The van der Waals surface area contributed by atoms with Gasteiger partial charge in [0, 0.05) is 5.56 Å². The number of nitrogens with zero attached hydrogens (tertiary/aromatic N) is 2. The maximum atomic E-state index is 12.6. The lowest BCUT2D eigenvalue weighted by molar-refractivity contribution is 0.106. The van der Waals surface area contributed by atoms with Gasteiger partial charge in [0.15, 0.2) is 0 Å². The molecule has 0 aliphatic rings. The number of ketones is 1. The van der Waals surface area contributed by atoms with Crippen LogP contribution in [0.2, 0.25) is 0 Å². The van der Waals surface area contributed by atoms with Gasteiger partial charge in [0.2, 0.25) is 5.78 Å². The zero-order chi connectivity index (χ0) is 18.2. The summed E-state index contributed by atoms with van der Waals surface area (Å²) in [6, 6.07) is 29.6. The predicted molar refractivity (Wildman–Crippen MR) is 106 cm³/mol. The van der Waals surface area contributed by atoms with Gasteiger partial charge >= 0.3 is 0 Å². The van der Waals surface area contributed by atoms with Crippen LogP contribution in [0.1, 0.15) is 28.4 Å². The smallest absolute Gasteiger partial charge is 0.208 e. The maximum Gasteiger partial charge on any atom is 0.208 e. The minimum Gasteiger partial charge on any atom is -0.288 e. The van der Waals surface area contributed by atoms with Gasteiger partial charge in [0.25, 0.3) is 0 Å². The molecule has 0 spiro atoms. The molecule has 0 saturated heterocycles. The van der Waals surface area contributed by atoms with Crippen molar-refractivity contribution in [3.8, 4) is 0 Å². The number of carbonyl (C=O) groups excluding carboxylic acids is 1. The van der Waals surface area contributed by atoms with E-state index in [2.05, 4.69) is 29.4 Å². The average Bonchev–Trinajstić information content (AvgIpc) is 2.69. The second kappa shape index (κ2) is 8.77. The fraction of sp³-hybridized carbons (Fsp3) is 0.130. The van der Waals surface area contributed by atoms with Crippen molar-refractivity contribution in [1.82, 2.24) is 5.01 Å². The summed E-state index contributed by atoms with van der Waals surface area (Å²) in [5, 5.41) is 6.59. The summed E-state index contributed by atoms with van der Waals surface area (Å²) in [4.78, 5) is 12.6. The molecule has 0 heterocycles. The van der Waals surface area contributed by atoms with Crippen LogP contribution in [0.25, 0.3) is 0 Å². The van der Waals surface area contributed by atoms with Crippen LogP contribution < -0.4 is 0 Å². The van der Waals surface area contributed by atoms with Crippen LogP contribution in [0.3, 0.4) is 0 Å². The molecule has 3 nitrogen and oxygen atoms in total. The Balaban J connectivity index is 1.83. The van der Waals surface area contributed by atoms with Gasteiger partial charge in [-0.3, -0.25) is 9.80 Å². The number of carbonyl (C=O) groups is 1. The highest BCUT2D eigenvalue weighted by Crippen LogP contribution is 2.12. The number of benzene rings is 3. The van der Waals surface area contributed by atoms with Gasteiger partial charge in [-0.2, -0.15) is 5.10 Å². The van der Waals surface area contributed by atoms with Gasteiger partial charge in [0.05, 0.1) is 13.1 Å². The zero-order valence-corrected chi connectivity index (χ0v) is 14.9. The molecular weight excluding hydrogens is 320 g/mol. The van der Waals surface area contributed by atoms with Crippen molar-refractivity contribution < 1.29 is 4.79 Å². The lowest BCUT2D eigenvalue weighted by atomic mass is 10.1. The standard InChI is InChI=1S/C23H22N2O/c1-19(23(26)22-15-9-4-10-16-22)24-25(17-20-11-5-2-6-12-20)18-21-13-7-3-8-14-21/h2-16H,17-18H2,1H3. The highest BCUT2D eigenvalue weighted by molar-refractivity contribution is 6.45. The van der Waals surface area contributed by atoms with Crippen molar-refractivity contribution in [3.63, 3.8) is 0 Å². The van der Waals surface area contributed by atoms with E-state index in [0.29, 0.717) is 24.4 Å². The Labute approximate surface area is 154 Å². The predicted octanol–water partition coefficient (Wildman–Crippen LogP) is 4.95. The normalized spacial score (nSPS) is 11.2. The van der Waals surface area contributed by atoms with Gasteiger partial charge in [-0.25, -0.2) is 0 Å². The Hall–Kier alpha value is -3.20. The Morgan fingerprint density at radius 2 is 1.15 bits per heavy atom. The van der Waals surface area contributed by atoms with E-state index in [0.717, 1.165) is 11.1 Å². The zero-order valence-electron chi connectivity index (χ0n) is 14.9. The molecule has 0 bridgehead atoms. The van der Waals surface area contributed by atoms with Gasteiger partial charge < -0.3 is 0 Å². The SMILES string of the molecule is CC(=NN(Cc1ccccc1)Cc1ccccc1)C(=O)c1ccccc1. The summed E-state index contributed by atoms with van der Waals surface area (Å²) >= 11 is 0. The van der Waals surface area contributed by atoms with Crippen LogP contribution in [-0.2, 0) is 13.1 Å². The van der Waals surface area contributed by atoms with Crippen LogP contribution in [0.5, 0.6) is 0 Å². The van der Waals surface area contributed by atoms with Crippen LogP contribution >= 0.6 is 0 Å². The summed E-state index contributed by atoms with van der Waals surface area (Å²) in [5.41, 5.74) is 3.47. The molecule has 0 saturated carbocycles. The number of hydrogen-bond acceptors (Lipinski definition) is 3. The fourth-order valence-electron chi connectivity index (χ4n) is 2.77. The minimum atomic E-state index is -0.0447. The summed E-state index contributed by atoms with van der Waals surface area (Å²) < 4.78 is 0. The quantitative estimate of drug-likeness (QED) is 0.346. The minimum absolute atomic E-state index is 0.0447. The highest BCUT2D eigenvalue weighted by atomic mass is 16.1. The van der Waals surface area contributed by atoms with E-state index in [1.807, 2.05) is 71.7 Å². The van der Waals surface area contributed by atoms with Crippen molar-refractivity contribution >= 4 is 11.5 Å². The van der Waals surface area contributed by atoms with E-state index < -0.39 is 0 Å². The van der Waals surface area contributed by atoms with Crippen LogP contribution in [0.4, 0.5) is 0 Å². The third-order valence-corrected chi connectivity index (χ3v) is 4.07. The molecule has 0 unspecified atom stereocenters. The molecule has 26 heavy (non-hydrogen) atoms. The van der Waals surface area contributed by atoms with Crippen LogP contribution in [-0.4, -0.2) is 16.5 Å². The van der Waals surface area contributed by atoms with Crippen molar-refractivity contribution in [3.05, 3.63) is 108 Å². The summed E-state index contributed by atoms with van der Waals surface area (Å²) in [5.74, 6) is -0.0447. The van der Waals surface area contributed by atoms with E-state index >= 15 is 0 Å². The van der Waals surface area contributed by atoms with Gasteiger partial charge in [0.1, 0.15) is 5.71 Å². The Morgan fingerprint density at radius 3 is 1.62 bits per heavy atom. The number of hydrazone groups is 1. The highest BCUT2D eigenvalue weighted by Gasteiger charge is 2.12. The van der Waals surface area contributed by atoms with Crippen molar-refractivity contribution in [1.29, 1.82) is 0 Å². The first-order valence-corrected chi connectivity index (χ1v) is 8.70. The van der Waals surface area contributed by atoms with Crippen LogP contribution in [0, 0.1) is 0 Å². The summed E-state index contributed by atoms with van der Waals surface area (Å²) in [6.45, 7) is 3.07. The molecule has 0 radical (unpaired) electrons. The molecule has 130 valence electrons. The van der Waals surface area contributed by atoms with Gasteiger partial charge in [-0.1, -0.05) is 91.0 Å². The molecule has 3 aromatic rings. The van der Waals surface area contributed by atoms with E-state index in [1.54, 1.807) is 6.92 Å². The van der Waals surface area contributed by atoms with Crippen molar-refractivity contribution in [2.24, 2.45) is 5.10 Å². The molecule has 0 atom stereocenters. The number of Topliss-reactive ketones (excluding diaryl/α,β-unsaturated/α-hetero) is 1. The Morgan fingerprint density at radius 1 is 0.731 bits per heavy atom. The van der Waals surface area contributed by atoms with E-state index in [-0.39, 0.29) is 5.78 Å². The topological polar surface area (TPSA) is 32.7 Å². The maximum absolute atomic E-state index is 12.6. The van der Waals surface area contributed by atoms with Crippen molar-refractivity contribution in [2.75, 3.05) is 0 Å². The third kappa shape index (κ3) is 4.90. The fourth-order valence-corrected chi connectivity index (χ4v) is 2.77. The largest absolute Gasteiger partial charge is 0.288 e. The number of hydrogen-bond donors (Lipinski definition) is 0. The number of rotatable bonds is 7. The summed E-state index contributed by atoms with van der Waals surface area (Å²) in [7, 11) is 0. The molecule has 0 aliphatic carbocycles. The molecule has 3 aromatic carbocycles. The first kappa shape index (κ1) is 17.6. The molecule has 0 fully saturated rings. The van der Waals surface area contributed by atoms with E-state index in [9.17, 15) is 4.79 Å². The molecule has 0 amide bonds. The van der Waals surface area contributed by atoms with E-state index in [4.69, 9.17) is 0 Å². The first-order valence-electron chi connectivity index (χ1n) is 8.70. The average molecular weight is 342 g/mol. The van der Waals surface area contributed by atoms with E-state index in [1.165, 1.54) is 0 Å².